The van der Waals surface area contributed by atoms with Crippen LogP contribution >= 0.6 is 0 Å². The van der Waals surface area contributed by atoms with Crippen LogP contribution in [0.2, 0.25) is 0 Å². The van der Waals surface area contributed by atoms with Crippen LogP contribution in [0.15, 0.2) is 66.7 Å². The number of hydrazine groups is 1. The summed E-state index contributed by atoms with van der Waals surface area (Å²) in [6.07, 6.45) is 0. The van der Waals surface area contributed by atoms with E-state index in [-0.39, 0.29) is 0 Å². The minimum absolute atomic E-state index is 0.787. The molecule has 3 rings (SSSR count). The highest BCUT2D eigenvalue weighted by molar-refractivity contribution is 5.88. The van der Waals surface area contributed by atoms with E-state index < -0.39 is 0 Å². The first-order valence-corrected chi connectivity index (χ1v) is 6.86. The Balaban J connectivity index is 1.77. The first-order chi connectivity index (χ1) is 9.84. The van der Waals surface area contributed by atoms with Gasteiger partial charge in [0.2, 0.25) is 0 Å². The molecule has 0 saturated carbocycles. The van der Waals surface area contributed by atoms with Crippen molar-refractivity contribution in [2.45, 2.75) is 13.5 Å². The van der Waals surface area contributed by atoms with Crippen LogP contribution in [0, 0.1) is 6.92 Å². The molecule has 0 aliphatic rings. The van der Waals surface area contributed by atoms with Gasteiger partial charge in [-0.3, -0.25) is 0 Å². The molecule has 0 amide bonds. The predicted molar refractivity (Wildman–Crippen MR) is 85.6 cm³/mol. The van der Waals surface area contributed by atoms with Gasteiger partial charge in [0.05, 0.1) is 0 Å². The first kappa shape index (κ1) is 12.7. The lowest BCUT2D eigenvalue weighted by Crippen LogP contribution is -2.20. The fraction of sp³-hybridized carbons (Fsp3) is 0.111. The molecule has 0 saturated heterocycles. The second-order valence-electron chi connectivity index (χ2n) is 4.93. The normalized spacial score (nSPS) is 10.7. The van der Waals surface area contributed by atoms with Crippen LogP contribution in [0.25, 0.3) is 10.8 Å². The van der Waals surface area contributed by atoms with Gasteiger partial charge in [-0.2, -0.15) is 0 Å². The number of hydrogen-bond donors (Lipinski definition) is 2. The van der Waals surface area contributed by atoms with Gasteiger partial charge in [-0.1, -0.05) is 54.6 Å². The summed E-state index contributed by atoms with van der Waals surface area (Å²) in [4.78, 5) is 0. The van der Waals surface area contributed by atoms with Crippen LogP contribution < -0.4 is 10.9 Å². The van der Waals surface area contributed by atoms with Gasteiger partial charge in [-0.15, -0.1) is 0 Å². The third-order valence-corrected chi connectivity index (χ3v) is 3.52. The standard InChI is InChI=1S/C18H18N2/c1-14-11-12-15(18-10-6-5-9-17(14)18)13-19-20-16-7-3-2-4-8-16/h2-12,19-20H,13H2,1H3. The zero-order valence-electron chi connectivity index (χ0n) is 11.6. The van der Waals surface area contributed by atoms with E-state index in [1.54, 1.807) is 0 Å². The Hall–Kier alpha value is -2.32. The van der Waals surface area contributed by atoms with Crippen LogP contribution in [-0.4, -0.2) is 0 Å². The SMILES string of the molecule is Cc1ccc(CNNc2ccccc2)c2ccccc12. The van der Waals surface area contributed by atoms with E-state index in [4.69, 9.17) is 0 Å². The van der Waals surface area contributed by atoms with Crippen molar-refractivity contribution in [3.05, 3.63) is 77.9 Å². The number of hydrogen-bond acceptors (Lipinski definition) is 2. The van der Waals surface area contributed by atoms with Crippen molar-refractivity contribution in [2.75, 3.05) is 5.43 Å². The Kier molecular flexibility index (Phi) is 3.66. The molecule has 0 spiro atoms. The fourth-order valence-electron chi connectivity index (χ4n) is 2.43. The Morgan fingerprint density at radius 1 is 0.750 bits per heavy atom. The number of para-hydroxylation sites is 1. The molecular weight excluding hydrogens is 244 g/mol. The fourth-order valence-corrected chi connectivity index (χ4v) is 2.43. The van der Waals surface area contributed by atoms with Gasteiger partial charge in [0.15, 0.2) is 0 Å². The number of benzene rings is 3. The minimum Gasteiger partial charge on any atom is -0.321 e. The van der Waals surface area contributed by atoms with Crippen LogP contribution in [0.4, 0.5) is 5.69 Å². The van der Waals surface area contributed by atoms with Gasteiger partial charge >= 0.3 is 0 Å². The third kappa shape index (κ3) is 2.65. The molecular formula is C18H18N2. The van der Waals surface area contributed by atoms with E-state index in [9.17, 15) is 0 Å². The number of nitrogens with one attached hydrogen (secondary N) is 2. The van der Waals surface area contributed by atoms with E-state index >= 15 is 0 Å². The molecule has 0 heterocycles. The molecule has 3 aromatic carbocycles. The van der Waals surface area contributed by atoms with Crippen LogP contribution in [-0.2, 0) is 6.54 Å². The first-order valence-electron chi connectivity index (χ1n) is 6.86. The van der Waals surface area contributed by atoms with E-state index in [1.807, 2.05) is 30.3 Å². The van der Waals surface area contributed by atoms with Crippen molar-refractivity contribution in [3.8, 4) is 0 Å². The lowest BCUT2D eigenvalue weighted by Gasteiger charge is -2.11. The summed E-state index contributed by atoms with van der Waals surface area (Å²) in [7, 11) is 0. The molecule has 0 aromatic heterocycles. The summed E-state index contributed by atoms with van der Waals surface area (Å²) >= 11 is 0. The topological polar surface area (TPSA) is 24.1 Å². The van der Waals surface area contributed by atoms with E-state index in [0.717, 1.165) is 12.2 Å². The summed E-state index contributed by atoms with van der Waals surface area (Å²) in [6, 6.07) is 23.1. The summed E-state index contributed by atoms with van der Waals surface area (Å²) in [5.41, 5.74) is 10.2. The van der Waals surface area contributed by atoms with Crippen molar-refractivity contribution in [2.24, 2.45) is 0 Å². The molecule has 2 nitrogen and oxygen atoms in total. The average molecular weight is 262 g/mol. The van der Waals surface area contributed by atoms with Crippen molar-refractivity contribution >= 4 is 16.5 Å². The molecule has 0 aliphatic carbocycles. The maximum absolute atomic E-state index is 3.28. The maximum Gasteiger partial charge on any atom is 0.0487 e. The zero-order chi connectivity index (χ0) is 13.8. The summed E-state index contributed by atoms with van der Waals surface area (Å²) in [5, 5.41) is 2.64. The number of fused-ring (bicyclic) bond motifs is 1. The van der Waals surface area contributed by atoms with Gasteiger partial charge in [0.1, 0.15) is 0 Å². The molecule has 0 fully saturated rings. The molecule has 0 radical (unpaired) electrons. The maximum atomic E-state index is 3.28. The third-order valence-electron chi connectivity index (χ3n) is 3.52. The Bertz CT molecular complexity index is 705. The van der Waals surface area contributed by atoms with E-state index in [2.05, 4.69) is 54.2 Å². The van der Waals surface area contributed by atoms with Gasteiger partial charge in [0, 0.05) is 12.2 Å². The molecule has 0 aliphatic heterocycles. The minimum atomic E-state index is 0.787. The molecule has 0 bridgehead atoms. The van der Waals surface area contributed by atoms with Crippen LogP contribution in [0.1, 0.15) is 11.1 Å². The monoisotopic (exact) mass is 262 g/mol. The van der Waals surface area contributed by atoms with Gasteiger partial charge in [-0.25, -0.2) is 5.43 Å². The molecule has 20 heavy (non-hydrogen) atoms. The Morgan fingerprint density at radius 2 is 1.45 bits per heavy atom. The van der Waals surface area contributed by atoms with Crippen molar-refractivity contribution in [1.29, 1.82) is 0 Å². The quantitative estimate of drug-likeness (QED) is 0.686. The highest BCUT2D eigenvalue weighted by atomic mass is 15.3. The Morgan fingerprint density at radius 3 is 2.25 bits per heavy atom. The molecule has 2 N–H and O–H groups in total. The molecule has 3 aromatic rings. The second kappa shape index (κ2) is 5.76. The molecule has 0 unspecified atom stereocenters. The van der Waals surface area contributed by atoms with Crippen molar-refractivity contribution < 1.29 is 0 Å². The van der Waals surface area contributed by atoms with Crippen LogP contribution in [0.5, 0.6) is 0 Å². The largest absolute Gasteiger partial charge is 0.321 e. The number of anilines is 1. The highest BCUT2D eigenvalue weighted by Gasteiger charge is 2.02. The van der Waals surface area contributed by atoms with Crippen molar-refractivity contribution in [3.63, 3.8) is 0 Å². The van der Waals surface area contributed by atoms with E-state index in [1.165, 1.54) is 21.9 Å². The van der Waals surface area contributed by atoms with E-state index in [0.29, 0.717) is 0 Å². The number of aryl methyl sites for hydroxylation is 1. The van der Waals surface area contributed by atoms with Gasteiger partial charge in [-0.05, 0) is 41.0 Å². The molecule has 100 valence electrons. The summed E-state index contributed by atoms with van der Waals surface area (Å²) < 4.78 is 0. The Labute approximate surface area is 119 Å². The summed E-state index contributed by atoms with van der Waals surface area (Å²) in [5.74, 6) is 0. The second-order valence-corrected chi connectivity index (χ2v) is 4.93. The van der Waals surface area contributed by atoms with Crippen molar-refractivity contribution in [1.82, 2.24) is 5.43 Å². The van der Waals surface area contributed by atoms with Crippen LogP contribution in [0.3, 0.4) is 0 Å². The lowest BCUT2D eigenvalue weighted by atomic mass is 10.0. The predicted octanol–water partition coefficient (Wildman–Crippen LogP) is 4.26. The smallest absolute Gasteiger partial charge is 0.0487 e. The molecule has 0 atom stereocenters. The highest BCUT2D eigenvalue weighted by Crippen LogP contribution is 2.22. The average Bonchev–Trinajstić information content (AvgIpc) is 2.51. The molecule has 2 heteroatoms. The zero-order valence-corrected chi connectivity index (χ0v) is 11.6. The van der Waals surface area contributed by atoms with Gasteiger partial charge < -0.3 is 5.43 Å². The van der Waals surface area contributed by atoms with Gasteiger partial charge in [0.25, 0.3) is 0 Å². The number of rotatable bonds is 4. The lowest BCUT2D eigenvalue weighted by molar-refractivity contribution is 0.806. The summed E-state index contributed by atoms with van der Waals surface area (Å²) in [6.45, 7) is 2.94.